The van der Waals surface area contributed by atoms with E-state index in [1.807, 2.05) is 6.92 Å². The predicted molar refractivity (Wildman–Crippen MR) is 113 cm³/mol. The van der Waals surface area contributed by atoms with Crippen LogP contribution in [0.15, 0.2) is 24.3 Å². The van der Waals surface area contributed by atoms with E-state index in [9.17, 15) is 14.7 Å². The van der Waals surface area contributed by atoms with Gasteiger partial charge in [0.05, 0.1) is 18.3 Å². The van der Waals surface area contributed by atoms with Gasteiger partial charge in [0.2, 0.25) is 0 Å². The van der Waals surface area contributed by atoms with Crippen molar-refractivity contribution in [1.29, 1.82) is 0 Å². The molecule has 174 valence electrons. The summed E-state index contributed by atoms with van der Waals surface area (Å²) in [5, 5.41) is 10.4. The Kier molecular flexibility index (Phi) is 8.85. The number of hydrogen-bond acceptors (Lipinski definition) is 8. The van der Waals surface area contributed by atoms with Crippen LogP contribution in [-0.2, 0) is 23.7 Å². The number of carbonyl (C=O) groups excluding carboxylic acids is 2. The highest BCUT2D eigenvalue weighted by atomic mass is 16.7. The molecule has 0 bridgehead atoms. The van der Waals surface area contributed by atoms with Crippen LogP contribution in [0.3, 0.4) is 0 Å². The smallest absolute Gasteiger partial charge is 0.463 e. The van der Waals surface area contributed by atoms with Crippen molar-refractivity contribution in [3.8, 4) is 5.75 Å². The summed E-state index contributed by atoms with van der Waals surface area (Å²) in [5.74, 6) is -0.0110. The van der Waals surface area contributed by atoms with Crippen LogP contribution < -0.4 is 4.74 Å². The van der Waals surface area contributed by atoms with Crippen LogP contribution in [0.1, 0.15) is 72.7 Å². The van der Waals surface area contributed by atoms with Gasteiger partial charge in [0.1, 0.15) is 17.5 Å². The lowest BCUT2D eigenvalue weighted by Crippen LogP contribution is -2.35. The molecule has 0 saturated carbocycles. The first-order valence-electron chi connectivity index (χ1n) is 10.6. The molecule has 5 atom stereocenters. The molecule has 8 nitrogen and oxygen atoms in total. The summed E-state index contributed by atoms with van der Waals surface area (Å²) < 4.78 is 27.3. The first kappa shape index (κ1) is 25.1. The molecular weight excluding hydrogens is 404 g/mol. The molecule has 1 aliphatic rings. The molecule has 8 heteroatoms. The lowest BCUT2D eigenvalue weighted by atomic mass is 10.0. The molecule has 2 rings (SSSR count). The summed E-state index contributed by atoms with van der Waals surface area (Å²) in [6.07, 6.45) is -1.24. The van der Waals surface area contributed by atoms with Crippen LogP contribution in [0.5, 0.6) is 5.75 Å². The number of aliphatic hydroxyl groups is 1. The van der Waals surface area contributed by atoms with Gasteiger partial charge in [-0.05, 0) is 59.6 Å². The molecule has 1 aromatic carbocycles. The second kappa shape index (κ2) is 10.9. The van der Waals surface area contributed by atoms with Gasteiger partial charge < -0.3 is 28.8 Å². The number of aliphatic hydroxyl groups excluding tert-OH is 1. The van der Waals surface area contributed by atoms with Crippen LogP contribution >= 0.6 is 0 Å². The van der Waals surface area contributed by atoms with E-state index >= 15 is 0 Å². The van der Waals surface area contributed by atoms with Gasteiger partial charge >= 0.3 is 12.1 Å². The number of hydrogen-bond donors (Lipinski definition) is 1. The maximum atomic E-state index is 11.8. The Morgan fingerprint density at radius 2 is 1.84 bits per heavy atom. The average molecular weight is 439 g/mol. The molecule has 1 aliphatic heterocycles. The highest BCUT2D eigenvalue weighted by Gasteiger charge is 2.31. The Morgan fingerprint density at radius 1 is 1.19 bits per heavy atom. The van der Waals surface area contributed by atoms with Gasteiger partial charge in [-0.1, -0.05) is 12.1 Å². The third-order valence-corrected chi connectivity index (χ3v) is 4.52. The van der Waals surface area contributed by atoms with E-state index in [4.69, 9.17) is 23.7 Å². The molecule has 1 heterocycles. The van der Waals surface area contributed by atoms with Crippen LogP contribution in [0, 0.1) is 0 Å². The quantitative estimate of drug-likeness (QED) is 0.497. The van der Waals surface area contributed by atoms with E-state index in [0.29, 0.717) is 25.0 Å². The van der Waals surface area contributed by atoms with Gasteiger partial charge in [0.25, 0.3) is 0 Å². The highest BCUT2D eigenvalue weighted by molar-refractivity contribution is 5.66. The van der Waals surface area contributed by atoms with Crippen LogP contribution in [0.25, 0.3) is 0 Å². The lowest BCUT2D eigenvalue weighted by Gasteiger charge is -2.35. The third kappa shape index (κ3) is 9.25. The first-order valence-corrected chi connectivity index (χ1v) is 10.6. The van der Waals surface area contributed by atoms with Crippen LogP contribution in [0.4, 0.5) is 4.79 Å². The fourth-order valence-corrected chi connectivity index (χ4v) is 3.38. The zero-order valence-corrected chi connectivity index (χ0v) is 19.1. The van der Waals surface area contributed by atoms with Gasteiger partial charge in [-0.3, -0.25) is 4.79 Å². The Balaban J connectivity index is 1.92. The predicted octanol–water partition coefficient (Wildman–Crippen LogP) is 4.29. The summed E-state index contributed by atoms with van der Waals surface area (Å²) in [4.78, 5) is 22.8. The van der Waals surface area contributed by atoms with E-state index in [0.717, 1.165) is 5.56 Å². The largest absolute Gasteiger partial charge is 0.514 e. The van der Waals surface area contributed by atoms with Crippen molar-refractivity contribution in [3.05, 3.63) is 29.8 Å². The molecule has 1 saturated heterocycles. The molecule has 0 aliphatic carbocycles. The van der Waals surface area contributed by atoms with Crippen molar-refractivity contribution in [2.75, 3.05) is 0 Å². The van der Waals surface area contributed by atoms with Crippen LogP contribution in [0.2, 0.25) is 0 Å². The fraction of sp³-hybridized carbons (Fsp3) is 0.652. The van der Waals surface area contributed by atoms with Gasteiger partial charge in [0.15, 0.2) is 6.29 Å². The molecular formula is C23H34O8. The van der Waals surface area contributed by atoms with Crippen molar-refractivity contribution in [2.24, 2.45) is 0 Å². The summed E-state index contributed by atoms with van der Waals surface area (Å²) >= 11 is 0. The first-order chi connectivity index (χ1) is 14.4. The average Bonchev–Trinajstić information content (AvgIpc) is 2.59. The minimum atomic E-state index is -0.768. The Hall–Kier alpha value is -2.16. The zero-order chi connectivity index (χ0) is 23.2. The van der Waals surface area contributed by atoms with E-state index in [1.54, 1.807) is 52.0 Å². The number of esters is 1. The van der Waals surface area contributed by atoms with Gasteiger partial charge in [-0.15, -0.1) is 0 Å². The van der Waals surface area contributed by atoms with Gasteiger partial charge in [-0.2, -0.15) is 0 Å². The highest BCUT2D eigenvalue weighted by Crippen LogP contribution is 2.32. The molecule has 0 spiro atoms. The summed E-state index contributed by atoms with van der Waals surface area (Å²) in [6, 6.07) is 6.82. The second-order valence-electron chi connectivity index (χ2n) is 8.95. The number of benzene rings is 1. The minimum absolute atomic E-state index is 0.0560. The van der Waals surface area contributed by atoms with Crippen molar-refractivity contribution < 1.29 is 38.4 Å². The maximum Gasteiger partial charge on any atom is 0.514 e. The van der Waals surface area contributed by atoms with Crippen molar-refractivity contribution >= 4 is 12.1 Å². The third-order valence-electron chi connectivity index (χ3n) is 4.52. The molecule has 1 fully saturated rings. The van der Waals surface area contributed by atoms with E-state index in [2.05, 4.69) is 0 Å². The molecule has 0 aromatic heterocycles. The molecule has 31 heavy (non-hydrogen) atoms. The molecule has 1 aromatic rings. The number of rotatable bonds is 7. The minimum Gasteiger partial charge on any atom is -0.463 e. The van der Waals surface area contributed by atoms with E-state index < -0.39 is 24.2 Å². The summed E-state index contributed by atoms with van der Waals surface area (Å²) in [6.45, 7) is 10.3. The fourth-order valence-electron chi connectivity index (χ4n) is 3.38. The molecule has 5 unspecified atom stereocenters. The van der Waals surface area contributed by atoms with Crippen LogP contribution in [-0.4, -0.2) is 47.2 Å². The molecule has 0 amide bonds. The standard InChI is InChI=1S/C23H34O8/c1-14(27-16(3)24)11-18(25)13-20-12-15(2)28-21(29-20)17-7-9-19(10-8-17)30-22(26)31-23(4,5)6/h7-10,14-15,18,20-21,25H,11-13H2,1-6H3. The SMILES string of the molecule is CC(=O)OC(C)CC(O)CC1CC(C)OC(c2ccc(OC(=O)OC(C)(C)C)cc2)O1. The second-order valence-corrected chi connectivity index (χ2v) is 8.95. The monoisotopic (exact) mass is 438 g/mol. The lowest BCUT2D eigenvalue weighted by molar-refractivity contribution is -0.248. The van der Waals surface area contributed by atoms with E-state index in [1.165, 1.54) is 6.92 Å². The molecule has 0 radical (unpaired) electrons. The Labute approximate surface area is 183 Å². The normalized spacial score (nSPS) is 23.5. The van der Waals surface area contributed by atoms with Crippen molar-refractivity contribution in [2.45, 2.75) is 97.1 Å². The Bertz CT molecular complexity index is 724. The Morgan fingerprint density at radius 3 is 2.42 bits per heavy atom. The summed E-state index contributed by atoms with van der Waals surface area (Å²) in [5.41, 5.74) is 0.142. The summed E-state index contributed by atoms with van der Waals surface area (Å²) in [7, 11) is 0. The van der Waals surface area contributed by atoms with Gasteiger partial charge in [-0.25, -0.2) is 4.79 Å². The molecule has 1 N–H and O–H groups in total. The van der Waals surface area contributed by atoms with Gasteiger partial charge in [0, 0.05) is 18.9 Å². The topological polar surface area (TPSA) is 101 Å². The maximum absolute atomic E-state index is 11.8. The number of carbonyl (C=O) groups is 2. The number of ether oxygens (including phenoxy) is 5. The zero-order valence-electron chi connectivity index (χ0n) is 19.1. The van der Waals surface area contributed by atoms with Crippen molar-refractivity contribution in [3.63, 3.8) is 0 Å². The van der Waals surface area contributed by atoms with Crippen molar-refractivity contribution in [1.82, 2.24) is 0 Å². The van der Waals surface area contributed by atoms with E-state index in [-0.39, 0.29) is 24.3 Å².